The Kier molecular flexibility index (Phi) is 3.23. The first-order valence-electron chi connectivity index (χ1n) is 6.15. The lowest BCUT2D eigenvalue weighted by Crippen LogP contribution is -1.91. The monoisotopic (exact) mass is 249 g/mol. The van der Waals surface area contributed by atoms with E-state index in [0.29, 0.717) is 6.42 Å². The number of hydrogen-bond donors (Lipinski definition) is 0. The Labute approximate surface area is 111 Å². The van der Waals surface area contributed by atoms with Gasteiger partial charge in [-0.25, -0.2) is 4.39 Å². The molecule has 92 valence electrons. The molecule has 0 aliphatic carbocycles. The Morgan fingerprint density at radius 3 is 2.58 bits per heavy atom. The molecule has 0 unspecified atom stereocenters. The van der Waals surface area contributed by atoms with Crippen LogP contribution in [0.15, 0.2) is 60.8 Å². The SMILES string of the molecule is Fc1ccc([C]Cc2ccnc3ccccc23)cc1. The number of para-hydroxylation sites is 1. The van der Waals surface area contributed by atoms with Crippen LogP contribution < -0.4 is 0 Å². The van der Waals surface area contributed by atoms with Gasteiger partial charge in [-0.1, -0.05) is 30.3 Å². The second-order valence-corrected chi connectivity index (χ2v) is 4.35. The number of pyridine rings is 1. The van der Waals surface area contributed by atoms with Gasteiger partial charge < -0.3 is 0 Å². The van der Waals surface area contributed by atoms with Crippen LogP contribution in [-0.2, 0) is 6.42 Å². The van der Waals surface area contributed by atoms with Gasteiger partial charge in [-0.3, -0.25) is 4.98 Å². The molecule has 0 fully saturated rings. The highest BCUT2D eigenvalue weighted by atomic mass is 19.1. The fourth-order valence-corrected chi connectivity index (χ4v) is 2.07. The molecule has 3 rings (SSSR count). The van der Waals surface area contributed by atoms with Crippen LogP contribution in [0.3, 0.4) is 0 Å². The average Bonchev–Trinajstić information content (AvgIpc) is 2.47. The van der Waals surface area contributed by atoms with E-state index in [1.54, 1.807) is 12.1 Å². The molecule has 0 saturated heterocycles. The molecule has 0 atom stereocenters. The van der Waals surface area contributed by atoms with Crippen molar-refractivity contribution in [2.75, 3.05) is 0 Å². The third-order valence-electron chi connectivity index (χ3n) is 3.07. The minimum atomic E-state index is -0.222. The van der Waals surface area contributed by atoms with Gasteiger partial charge in [0.25, 0.3) is 0 Å². The molecule has 0 aliphatic rings. The number of rotatable bonds is 3. The van der Waals surface area contributed by atoms with Crippen LogP contribution in [0.1, 0.15) is 11.1 Å². The van der Waals surface area contributed by atoms with Crippen LogP contribution in [-0.4, -0.2) is 4.98 Å². The quantitative estimate of drug-likeness (QED) is 0.682. The van der Waals surface area contributed by atoms with E-state index in [9.17, 15) is 4.39 Å². The van der Waals surface area contributed by atoms with E-state index in [4.69, 9.17) is 0 Å². The Morgan fingerprint density at radius 2 is 1.74 bits per heavy atom. The highest BCUT2D eigenvalue weighted by molar-refractivity contribution is 5.82. The van der Waals surface area contributed by atoms with Gasteiger partial charge in [-0.2, -0.15) is 0 Å². The maximum atomic E-state index is 12.8. The summed E-state index contributed by atoms with van der Waals surface area (Å²) < 4.78 is 12.8. The maximum absolute atomic E-state index is 12.8. The lowest BCUT2D eigenvalue weighted by molar-refractivity contribution is 0.627. The summed E-state index contributed by atoms with van der Waals surface area (Å²) >= 11 is 0. The number of hydrogen-bond acceptors (Lipinski definition) is 1. The van der Waals surface area contributed by atoms with Gasteiger partial charge in [0, 0.05) is 18.0 Å². The molecule has 1 nitrogen and oxygen atoms in total. The highest BCUT2D eigenvalue weighted by Gasteiger charge is 2.02. The summed E-state index contributed by atoms with van der Waals surface area (Å²) in [6.07, 6.45) is 5.78. The summed E-state index contributed by atoms with van der Waals surface area (Å²) in [5.41, 5.74) is 3.07. The zero-order valence-corrected chi connectivity index (χ0v) is 10.3. The van der Waals surface area contributed by atoms with Crippen LogP contribution in [0.4, 0.5) is 4.39 Å². The van der Waals surface area contributed by atoms with Crippen LogP contribution in [0.25, 0.3) is 10.9 Å². The van der Waals surface area contributed by atoms with E-state index in [-0.39, 0.29) is 5.82 Å². The fraction of sp³-hybridized carbons (Fsp3) is 0.0588. The predicted molar refractivity (Wildman–Crippen MR) is 74.2 cm³/mol. The molecule has 3 aromatic rings. The van der Waals surface area contributed by atoms with Gasteiger partial charge in [-0.05, 0) is 41.8 Å². The first-order valence-corrected chi connectivity index (χ1v) is 6.15. The maximum Gasteiger partial charge on any atom is 0.123 e. The van der Waals surface area contributed by atoms with E-state index < -0.39 is 0 Å². The van der Waals surface area contributed by atoms with E-state index in [1.165, 1.54) is 17.7 Å². The summed E-state index contributed by atoms with van der Waals surface area (Å²) in [7, 11) is 0. The molecule has 0 spiro atoms. The average molecular weight is 249 g/mol. The van der Waals surface area contributed by atoms with Gasteiger partial charge in [-0.15, -0.1) is 0 Å². The summed E-state index contributed by atoms with van der Waals surface area (Å²) in [5.74, 6) is -0.222. The second-order valence-electron chi connectivity index (χ2n) is 4.35. The van der Waals surface area contributed by atoms with Crippen LogP contribution >= 0.6 is 0 Å². The summed E-state index contributed by atoms with van der Waals surface area (Å²) in [5, 5.41) is 1.14. The number of benzene rings is 2. The number of aromatic nitrogens is 1. The predicted octanol–water partition coefficient (Wildman–Crippen LogP) is 4.05. The van der Waals surface area contributed by atoms with Crippen molar-refractivity contribution in [1.82, 2.24) is 4.98 Å². The van der Waals surface area contributed by atoms with Crippen molar-refractivity contribution in [2.24, 2.45) is 0 Å². The summed E-state index contributed by atoms with van der Waals surface area (Å²) in [6.45, 7) is 0. The van der Waals surface area contributed by atoms with Gasteiger partial charge in [0.05, 0.1) is 5.52 Å². The zero-order chi connectivity index (χ0) is 13.1. The molecule has 2 aromatic carbocycles. The van der Waals surface area contributed by atoms with E-state index in [0.717, 1.165) is 16.5 Å². The molecule has 1 aromatic heterocycles. The first-order chi connectivity index (χ1) is 9.33. The van der Waals surface area contributed by atoms with Gasteiger partial charge in [0.15, 0.2) is 0 Å². The molecule has 19 heavy (non-hydrogen) atoms. The van der Waals surface area contributed by atoms with Crippen molar-refractivity contribution in [3.8, 4) is 0 Å². The number of fused-ring (bicyclic) bond motifs is 1. The van der Waals surface area contributed by atoms with Crippen molar-refractivity contribution in [2.45, 2.75) is 6.42 Å². The Hall–Kier alpha value is -2.22. The van der Waals surface area contributed by atoms with Crippen LogP contribution in [0.5, 0.6) is 0 Å². The smallest absolute Gasteiger partial charge is 0.123 e. The van der Waals surface area contributed by atoms with Crippen LogP contribution in [0, 0.1) is 12.2 Å². The minimum Gasteiger partial charge on any atom is -0.256 e. The molecule has 0 saturated carbocycles. The molecule has 0 N–H and O–H groups in total. The lowest BCUT2D eigenvalue weighted by atomic mass is 10.0. The van der Waals surface area contributed by atoms with Crippen LogP contribution in [0.2, 0.25) is 0 Å². The van der Waals surface area contributed by atoms with Crippen molar-refractivity contribution in [3.63, 3.8) is 0 Å². The van der Waals surface area contributed by atoms with Gasteiger partial charge in [0.2, 0.25) is 0 Å². The molecule has 2 heteroatoms. The highest BCUT2D eigenvalue weighted by Crippen LogP contribution is 2.19. The molecule has 2 radical (unpaired) electrons. The van der Waals surface area contributed by atoms with Crippen molar-refractivity contribution in [1.29, 1.82) is 0 Å². The summed E-state index contributed by atoms with van der Waals surface area (Å²) in [4.78, 5) is 4.33. The number of halogens is 1. The van der Waals surface area contributed by atoms with Crippen molar-refractivity contribution < 1.29 is 4.39 Å². The third kappa shape index (κ3) is 2.63. The lowest BCUT2D eigenvalue weighted by Gasteiger charge is -2.05. The van der Waals surface area contributed by atoms with Crippen molar-refractivity contribution in [3.05, 3.63) is 84.2 Å². The molecular weight excluding hydrogens is 237 g/mol. The standard InChI is InChI=1S/C17H12FN/c18-15-9-6-13(7-10-15)5-8-14-11-12-19-17-4-2-1-3-16(14)17/h1-4,6-7,9-12H,8H2. The first kappa shape index (κ1) is 11.8. The van der Waals surface area contributed by atoms with E-state index >= 15 is 0 Å². The van der Waals surface area contributed by atoms with Gasteiger partial charge >= 0.3 is 0 Å². The molecule has 0 amide bonds. The molecule has 0 bridgehead atoms. The molecule has 1 heterocycles. The van der Waals surface area contributed by atoms with E-state index in [1.807, 2.05) is 30.5 Å². The minimum absolute atomic E-state index is 0.222. The normalized spacial score (nSPS) is 10.8. The summed E-state index contributed by atoms with van der Waals surface area (Å²) in [6, 6.07) is 16.4. The third-order valence-corrected chi connectivity index (χ3v) is 3.07. The van der Waals surface area contributed by atoms with Crippen molar-refractivity contribution >= 4 is 10.9 Å². The topological polar surface area (TPSA) is 12.9 Å². The largest absolute Gasteiger partial charge is 0.256 e. The Morgan fingerprint density at radius 1 is 0.947 bits per heavy atom. The zero-order valence-electron chi connectivity index (χ0n) is 10.3. The fourth-order valence-electron chi connectivity index (χ4n) is 2.07. The second kappa shape index (κ2) is 5.19. The molecular formula is C17H12FN. The molecule has 0 aliphatic heterocycles. The number of nitrogens with zero attached hydrogens (tertiary/aromatic N) is 1. The Balaban J connectivity index is 1.84. The van der Waals surface area contributed by atoms with Gasteiger partial charge in [0.1, 0.15) is 5.82 Å². The Bertz CT molecular complexity index is 684. The van der Waals surface area contributed by atoms with E-state index in [2.05, 4.69) is 17.5 Å².